The first-order chi connectivity index (χ1) is 12.3. The highest BCUT2D eigenvalue weighted by Crippen LogP contribution is 2.26. The van der Waals surface area contributed by atoms with Crippen LogP contribution in [0.15, 0.2) is 35.2 Å². The number of hydrogen-bond donors (Lipinski definition) is 0. The van der Waals surface area contributed by atoms with Crippen LogP contribution in [0.2, 0.25) is 5.02 Å². The van der Waals surface area contributed by atoms with Crippen molar-refractivity contribution >= 4 is 33.3 Å². The van der Waals surface area contributed by atoms with Crippen LogP contribution >= 0.6 is 11.6 Å². The van der Waals surface area contributed by atoms with Gasteiger partial charge >= 0.3 is 0 Å². The fraction of sp³-hybridized carbons (Fsp3) is 0.412. The summed E-state index contributed by atoms with van der Waals surface area (Å²) < 4.78 is 27.4. The summed E-state index contributed by atoms with van der Waals surface area (Å²) >= 11 is 6.09. The van der Waals surface area contributed by atoms with Crippen LogP contribution in [0.5, 0.6) is 0 Å². The van der Waals surface area contributed by atoms with Gasteiger partial charge in [0.15, 0.2) is 11.6 Å². The lowest BCUT2D eigenvalue weighted by Gasteiger charge is -2.34. The van der Waals surface area contributed by atoms with Crippen LogP contribution in [-0.4, -0.2) is 63.2 Å². The Morgan fingerprint density at radius 3 is 2.31 bits per heavy atom. The molecular weight excluding hydrogens is 374 g/mol. The van der Waals surface area contributed by atoms with E-state index in [9.17, 15) is 8.42 Å². The molecular formula is C17H22ClN5O2S. The van der Waals surface area contributed by atoms with Crippen LogP contribution in [-0.2, 0) is 10.0 Å². The van der Waals surface area contributed by atoms with Crippen molar-refractivity contribution in [3.8, 4) is 0 Å². The number of sulfonamides is 1. The highest BCUT2D eigenvalue weighted by atomic mass is 35.5. The summed E-state index contributed by atoms with van der Waals surface area (Å²) in [7, 11) is 0.257. The molecule has 26 heavy (non-hydrogen) atoms. The Labute approximate surface area is 159 Å². The smallest absolute Gasteiger partial charge is 0.243 e. The second-order valence-corrected chi connectivity index (χ2v) is 8.71. The number of halogens is 1. The number of rotatable bonds is 4. The van der Waals surface area contributed by atoms with Gasteiger partial charge in [0.05, 0.1) is 4.90 Å². The van der Waals surface area contributed by atoms with E-state index in [-0.39, 0.29) is 4.90 Å². The van der Waals surface area contributed by atoms with E-state index in [0.717, 1.165) is 11.6 Å². The van der Waals surface area contributed by atoms with Gasteiger partial charge in [-0.15, -0.1) is 10.2 Å². The topological polar surface area (TPSA) is 69.6 Å². The lowest BCUT2D eigenvalue weighted by molar-refractivity contribution is 0.383. The molecule has 1 saturated heterocycles. The minimum absolute atomic E-state index is 0.272. The molecule has 0 N–H and O–H groups in total. The highest BCUT2D eigenvalue weighted by Gasteiger charge is 2.30. The summed E-state index contributed by atoms with van der Waals surface area (Å²) in [6.45, 7) is 3.65. The summed E-state index contributed by atoms with van der Waals surface area (Å²) in [5, 5.41) is 8.88. The Morgan fingerprint density at radius 2 is 1.73 bits per heavy atom. The molecule has 0 atom stereocenters. The van der Waals surface area contributed by atoms with E-state index in [0.29, 0.717) is 36.8 Å². The van der Waals surface area contributed by atoms with Crippen molar-refractivity contribution in [2.75, 3.05) is 50.1 Å². The van der Waals surface area contributed by atoms with Crippen LogP contribution < -0.4 is 9.80 Å². The number of benzene rings is 1. The van der Waals surface area contributed by atoms with E-state index in [1.165, 1.54) is 4.31 Å². The van der Waals surface area contributed by atoms with Crippen molar-refractivity contribution in [3.63, 3.8) is 0 Å². The molecule has 0 aliphatic carbocycles. The lowest BCUT2D eigenvalue weighted by Crippen LogP contribution is -2.49. The minimum Gasteiger partial charge on any atom is -0.361 e. The summed E-state index contributed by atoms with van der Waals surface area (Å²) in [4.78, 5) is 4.20. The standard InChI is InChI=1S/C17H22ClN5O2S/c1-13-14(18)5-4-6-15(13)26(24,25)23-11-9-22(10-12-23)17-8-7-16(19-20-17)21(2)3/h4-8H,9-12H2,1-3H3. The summed E-state index contributed by atoms with van der Waals surface area (Å²) in [5.74, 6) is 1.54. The van der Waals surface area contributed by atoms with Crippen LogP contribution in [0.25, 0.3) is 0 Å². The summed E-state index contributed by atoms with van der Waals surface area (Å²) in [6.07, 6.45) is 0. The van der Waals surface area contributed by atoms with Crippen molar-refractivity contribution in [2.24, 2.45) is 0 Å². The zero-order valence-corrected chi connectivity index (χ0v) is 16.6. The van der Waals surface area contributed by atoms with Crippen molar-refractivity contribution in [3.05, 3.63) is 40.9 Å². The molecule has 0 radical (unpaired) electrons. The third-order valence-corrected chi connectivity index (χ3v) is 6.95. The molecule has 1 aromatic heterocycles. The molecule has 2 aromatic rings. The molecule has 140 valence electrons. The van der Waals surface area contributed by atoms with Crippen LogP contribution in [0.1, 0.15) is 5.56 Å². The van der Waals surface area contributed by atoms with Gasteiger partial charge in [0.25, 0.3) is 0 Å². The number of hydrogen-bond acceptors (Lipinski definition) is 6. The van der Waals surface area contributed by atoms with Crippen molar-refractivity contribution < 1.29 is 8.42 Å². The first-order valence-corrected chi connectivity index (χ1v) is 10.1. The maximum Gasteiger partial charge on any atom is 0.243 e. The van der Waals surface area contributed by atoms with Crippen molar-refractivity contribution in [2.45, 2.75) is 11.8 Å². The van der Waals surface area contributed by atoms with Crippen molar-refractivity contribution in [1.29, 1.82) is 0 Å². The Kier molecular flexibility index (Phi) is 5.36. The second-order valence-electron chi connectivity index (χ2n) is 6.40. The number of aromatic nitrogens is 2. The zero-order chi connectivity index (χ0) is 18.9. The molecule has 0 amide bonds. The quantitative estimate of drug-likeness (QED) is 0.788. The normalized spacial score (nSPS) is 15.9. The largest absolute Gasteiger partial charge is 0.361 e. The fourth-order valence-corrected chi connectivity index (χ4v) is 4.79. The number of piperazine rings is 1. The molecule has 0 saturated carbocycles. The van der Waals surface area contributed by atoms with E-state index >= 15 is 0 Å². The van der Waals surface area contributed by atoms with Gasteiger partial charge in [-0.05, 0) is 36.8 Å². The van der Waals surface area contributed by atoms with E-state index in [1.54, 1.807) is 25.1 Å². The zero-order valence-electron chi connectivity index (χ0n) is 15.1. The first-order valence-electron chi connectivity index (χ1n) is 8.32. The molecule has 1 aliphatic rings. The maximum atomic E-state index is 12.9. The second kappa shape index (κ2) is 7.38. The fourth-order valence-electron chi connectivity index (χ4n) is 2.89. The molecule has 0 bridgehead atoms. The monoisotopic (exact) mass is 395 g/mol. The Balaban J connectivity index is 1.72. The van der Waals surface area contributed by atoms with E-state index in [1.807, 2.05) is 36.0 Å². The average molecular weight is 396 g/mol. The molecule has 2 heterocycles. The predicted octanol–water partition coefficient (Wildman–Crippen LogP) is 2.02. The van der Waals surface area contributed by atoms with Gasteiger partial charge in [-0.3, -0.25) is 0 Å². The van der Waals surface area contributed by atoms with E-state index < -0.39 is 10.0 Å². The first kappa shape index (κ1) is 18.9. The molecule has 1 fully saturated rings. The Hall–Kier alpha value is -1.90. The Morgan fingerprint density at radius 1 is 1.04 bits per heavy atom. The minimum atomic E-state index is -3.56. The number of anilines is 2. The van der Waals surface area contributed by atoms with Crippen LogP contribution in [0.4, 0.5) is 11.6 Å². The van der Waals surface area contributed by atoms with Crippen LogP contribution in [0, 0.1) is 6.92 Å². The molecule has 7 nitrogen and oxygen atoms in total. The molecule has 3 rings (SSSR count). The van der Waals surface area contributed by atoms with Gasteiger partial charge in [0.1, 0.15) is 0 Å². The molecule has 0 unspecified atom stereocenters. The molecule has 1 aliphatic heterocycles. The molecule has 1 aromatic carbocycles. The van der Waals surface area contributed by atoms with Gasteiger partial charge < -0.3 is 9.80 Å². The van der Waals surface area contributed by atoms with E-state index in [2.05, 4.69) is 10.2 Å². The molecule has 9 heteroatoms. The van der Waals surface area contributed by atoms with Gasteiger partial charge in [0.2, 0.25) is 10.0 Å². The van der Waals surface area contributed by atoms with Gasteiger partial charge in [-0.1, -0.05) is 17.7 Å². The summed E-state index contributed by atoms with van der Waals surface area (Å²) in [6, 6.07) is 8.78. The lowest BCUT2D eigenvalue weighted by atomic mass is 10.2. The van der Waals surface area contributed by atoms with Gasteiger partial charge in [-0.2, -0.15) is 4.31 Å². The summed E-state index contributed by atoms with van der Waals surface area (Å²) in [5.41, 5.74) is 0.585. The van der Waals surface area contributed by atoms with Gasteiger partial charge in [-0.25, -0.2) is 8.42 Å². The Bertz CT molecular complexity index is 879. The predicted molar refractivity (Wildman–Crippen MR) is 104 cm³/mol. The van der Waals surface area contributed by atoms with E-state index in [4.69, 9.17) is 11.6 Å². The third kappa shape index (κ3) is 3.62. The maximum absolute atomic E-state index is 12.9. The third-order valence-electron chi connectivity index (χ3n) is 4.49. The average Bonchev–Trinajstić information content (AvgIpc) is 2.64. The van der Waals surface area contributed by atoms with Crippen molar-refractivity contribution in [1.82, 2.24) is 14.5 Å². The molecule has 0 spiro atoms. The van der Waals surface area contributed by atoms with Crippen LogP contribution in [0.3, 0.4) is 0 Å². The number of nitrogens with zero attached hydrogens (tertiary/aromatic N) is 5. The SMILES string of the molecule is Cc1c(Cl)cccc1S(=O)(=O)N1CCN(c2ccc(N(C)C)nn2)CC1. The highest BCUT2D eigenvalue weighted by molar-refractivity contribution is 7.89. The van der Waals surface area contributed by atoms with Gasteiger partial charge in [0, 0.05) is 45.3 Å².